The van der Waals surface area contributed by atoms with Crippen LogP contribution in [-0.2, 0) is 13.0 Å². The van der Waals surface area contributed by atoms with Crippen molar-refractivity contribution < 1.29 is 9.90 Å². The summed E-state index contributed by atoms with van der Waals surface area (Å²) in [5.41, 5.74) is 10.6. The van der Waals surface area contributed by atoms with Crippen molar-refractivity contribution in [2.45, 2.75) is 19.4 Å². The van der Waals surface area contributed by atoms with Gasteiger partial charge in [-0.2, -0.15) is 0 Å². The molecule has 0 aromatic heterocycles. The van der Waals surface area contributed by atoms with Crippen molar-refractivity contribution in [1.29, 1.82) is 0 Å². The van der Waals surface area contributed by atoms with E-state index in [4.69, 9.17) is 10.8 Å². The van der Waals surface area contributed by atoms with Gasteiger partial charge in [0.1, 0.15) is 0 Å². The van der Waals surface area contributed by atoms with Crippen LogP contribution in [0.15, 0.2) is 42.5 Å². The molecule has 4 heteroatoms. The maximum atomic E-state index is 10.9. The molecule has 3 rings (SSSR count). The molecule has 0 aliphatic carbocycles. The summed E-state index contributed by atoms with van der Waals surface area (Å²) >= 11 is 0. The number of carbonyl (C=O) groups is 1. The average molecular weight is 282 g/mol. The summed E-state index contributed by atoms with van der Waals surface area (Å²) < 4.78 is 0. The Labute approximate surface area is 123 Å². The maximum Gasteiger partial charge on any atom is 0.335 e. The van der Waals surface area contributed by atoms with E-state index in [-0.39, 0.29) is 0 Å². The van der Waals surface area contributed by atoms with Crippen LogP contribution in [0.25, 0.3) is 0 Å². The molecule has 2 aromatic carbocycles. The molecule has 21 heavy (non-hydrogen) atoms. The van der Waals surface area contributed by atoms with Crippen LogP contribution in [0.3, 0.4) is 0 Å². The monoisotopic (exact) mass is 282 g/mol. The van der Waals surface area contributed by atoms with Gasteiger partial charge in [-0.25, -0.2) is 4.79 Å². The molecule has 0 saturated carbocycles. The first-order valence-corrected chi connectivity index (χ1v) is 7.09. The van der Waals surface area contributed by atoms with Gasteiger partial charge in [-0.15, -0.1) is 0 Å². The van der Waals surface area contributed by atoms with Crippen LogP contribution in [0.2, 0.25) is 0 Å². The minimum Gasteiger partial charge on any atom is -0.478 e. The van der Waals surface area contributed by atoms with E-state index in [2.05, 4.69) is 11.0 Å². The van der Waals surface area contributed by atoms with Gasteiger partial charge in [-0.1, -0.05) is 18.2 Å². The SMILES string of the molecule is Nc1ccc2c(c1)N(Cc1ccc(C(=O)O)cc1)CCC2. The molecule has 0 saturated heterocycles. The van der Waals surface area contributed by atoms with Crippen LogP contribution in [0.1, 0.15) is 27.9 Å². The number of hydrogen-bond acceptors (Lipinski definition) is 3. The quantitative estimate of drug-likeness (QED) is 0.849. The number of carboxylic acids is 1. The number of anilines is 2. The Hall–Kier alpha value is -2.49. The van der Waals surface area contributed by atoms with Gasteiger partial charge in [0.25, 0.3) is 0 Å². The second-order valence-corrected chi connectivity index (χ2v) is 5.42. The molecular weight excluding hydrogens is 264 g/mol. The Morgan fingerprint density at radius 3 is 2.67 bits per heavy atom. The number of hydrogen-bond donors (Lipinski definition) is 2. The molecule has 108 valence electrons. The molecule has 0 atom stereocenters. The minimum absolute atomic E-state index is 0.321. The second kappa shape index (κ2) is 5.48. The molecule has 1 aliphatic heterocycles. The van der Waals surface area contributed by atoms with Crippen molar-refractivity contribution in [3.8, 4) is 0 Å². The molecule has 0 radical (unpaired) electrons. The molecule has 1 aliphatic rings. The third kappa shape index (κ3) is 2.84. The predicted octanol–water partition coefficient (Wildman–Crippen LogP) is 2.92. The Bertz CT molecular complexity index is 665. The first kappa shape index (κ1) is 13.5. The lowest BCUT2D eigenvalue weighted by Crippen LogP contribution is -2.28. The Balaban J connectivity index is 1.83. The zero-order chi connectivity index (χ0) is 14.8. The van der Waals surface area contributed by atoms with Gasteiger partial charge in [0.15, 0.2) is 0 Å². The van der Waals surface area contributed by atoms with Gasteiger partial charge in [-0.3, -0.25) is 0 Å². The number of aryl methyl sites for hydroxylation is 1. The van der Waals surface area contributed by atoms with E-state index in [1.807, 2.05) is 24.3 Å². The van der Waals surface area contributed by atoms with Crippen molar-refractivity contribution >= 4 is 17.3 Å². The third-order valence-electron chi connectivity index (χ3n) is 3.90. The van der Waals surface area contributed by atoms with Gasteiger partial charge in [0.05, 0.1) is 5.56 Å². The molecule has 3 N–H and O–H groups in total. The van der Waals surface area contributed by atoms with Crippen molar-refractivity contribution in [3.63, 3.8) is 0 Å². The molecule has 2 aromatic rings. The Morgan fingerprint density at radius 1 is 1.19 bits per heavy atom. The van der Waals surface area contributed by atoms with E-state index in [0.717, 1.165) is 37.2 Å². The molecular formula is C17H18N2O2. The molecule has 0 bridgehead atoms. The molecule has 0 fully saturated rings. The standard InChI is InChI=1S/C17H18N2O2/c18-15-8-7-13-2-1-9-19(16(13)10-15)11-12-3-5-14(6-4-12)17(20)21/h3-8,10H,1-2,9,11,18H2,(H,20,21). The Morgan fingerprint density at radius 2 is 1.95 bits per heavy atom. The van der Waals surface area contributed by atoms with E-state index < -0.39 is 5.97 Å². The lowest BCUT2D eigenvalue weighted by Gasteiger charge is -2.31. The van der Waals surface area contributed by atoms with Gasteiger partial charge in [0, 0.05) is 24.5 Å². The van der Waals surface area contributed by atoms with E-state index in [0.29, 0.717) is 5.56 Å². The number of nitrogens with zero attached hydrogens (tertiary/aromatic N) is 1. The zero-order valence-corrected chi connectivity index (χ0v) is 11.7. The van der Waals surface area contributed by atoms with Gasteiger partial charge in [0.2, 0.25) is 0 Å². The molecule has 1 heterocycles. The molecule has 0 spiro atoms. The summed E-state index contributed by atoms with van der Waals surface area (Å²) in [6.45, 7) is 1.77. The van der Waals surface area contributed by atoms with Crippen LogP contribution in [-0.4, -0.2) is 17.6 Å². The highest BCUT2D eigenvalue weighted by atomic mass is 16.4. The van der Waals surface area contributed by atoms with Crippen molar-refractivity contribution in [1.82, 2.24) is 0 Å². The summed E-state index contributed by atoms with van der Waals surface area (Å²) in [7, 11) is 0. The number of aromatic carboxylic acids is 1. The number of rotatable bonds is 3. The number of carboxylic acid groups (broad SMARTS) is 1. The largest absolute Gasteiger partial charge is 0.478 e. The summed E-state index contributed by atoms with van der Waals surface area (Å²) in [6, 6.07) is 13.1. The van der Waals surface area contributed by atoms with Crippen LogP contribution >= 0.6 is 0 Å². The fraction of sp³-hybridized carbons (Fsp3) is 0.235. The van der Waals surface area contributed by atoms with Gasteiger partial charge >= 0.3 is 5.97 Å². The predicted molar refractivity (Wildman–Crippen MR) is 83.6 cm³/mol. The second-order valence-electron chi connectivity index (χ2n) is 5.42. The number of benzene rings is 2. The van der Waals surface area contributed by atoms with E-state index in [1.54, 1.807) is 12.1 Å². The van der Waals surface area contributed by atoms with Crippen molar-refractivity contribution in [3.05, 3.63) is 59.2 Å². The fourth-order valence-corrected chi connectivity index (χ4v) is 2.80. The summed E-state index contributed by atoms with van der Waals surface area (Å²) in [5, 5.41) is 8.93. The average Bonchev–Trinajstić information content (AvgIpc) is 2.48. The lowest BCUT2D eigenvalue weighted by atomic mass is 10.0. The molecule has 4 nitrogen and oxygen atoms in total. The lowest BCUT2D eigenvalue weighted by molar-refractivity contribution is 0.0697. The van der Waals surface area contributed by atoms with E-state index in [1.165, 1.54) is 11.3 Å². The van der Waals surface area contributed by atoms with Crippen LogP contribution in [0.5, 0.6) is 0 Å². The number of nitrogens with two attached hydrogens (primary N) is 1. The highest BCUT2D eigenvalue weighted by Crippen LogP contribution is 2.30. The minimum atomic E-state index is -0.891. The van der Waals surface area contributed by atoms with E-state index >= 15 is 0 Å². The fourth-order valence-electron chi connectivity index (χ4n) is 2.80. The highest BCUT2D eigenvalue weighted by molar-refractivity contribution is 5.87. The zero-order valence-electron chi connectivity index (χ0n) is 11.7. The normalized spacial score (nSPS) is 13.8. The van der Waals surface area contributed by atoms with E-state index in [9.17, 15) is 4.79 Å². The van der Waals surface area contributed by atoms with Crippen molar-refractivity contribution in [2.75, 3.05) is 17.2 Å². The Kier molecular flexibility index (Phi) is 3.52. The van der Waals surface area contributed by atoms with Crippen LogP contribution in [0, 0.1) is 0 Å². The first-order valence-electron chi connectivity index (χ1n) is 7.09. The topological polar surface area (TPSA) is 66.6 Å². The summed E-state index contributed by atoms with van der Waals surface area (Å²) in [5.74, 6) is -0.891. The third-order valence-corrected chi connectivity index (χ3v) is 3.90. The summed E-state index contributed by atoms with van der Waals surface area (Å²) in [6.07, 6.45) is 2.22. The first-order chi connectivity index (χ1) is 10.1. The summed E-state index contributed by atoms with van der Waals surface area (Å²) in [4.78, 5) is 13.2. The van der Waals surface area contributed by atoms with Crippen molar-refractivity contribution in [2.24, 2.45) is 0 Å². The van der Waals surface area contributed by atoms with Gasteiger partial charge in [-0.05, 0) is 48.2 Å². The molecule has 0 amide bonds. The number of nitrogen functional groups attached to an aromatic ring is 1. The van der Waals surface area contributed by atoms with Crippen LogP contribution < -0.4 is 10.6 Å². The maximum absolute atomic E-state index is 10.9. The molecule has 0 unspecified atom stereocenters. The smallest absolute Gasteiger partial charge is 0.335 e. The van der Waals surface area contributed by atoms with Gasteiger partial charge < -0.3 is 15.7 Å². The number of fused-ring (bicyclic) bond motifs is 1. The van der Waals surface area contributed by atoms with Crippen LogP contribution in [0.4, 0.5) is 11.4 Å². The highest BCUT2D eigenvalue weighted by Gasteiger charge is 2.17.